The number of nitrogens with zero attached hydrogens (tertiary/aromatic N) is 1. The number of hydrogen-bond donors (Lipinski definition) is 2. The largest absolute Gasteiger partial charge is 0.346 e. The second kappa shape index (κ2) is 3.50. The lowest BCUT2D eigenvalue weighted by Gasteiger charge is -2.15. The van der Waals surface area contributed by atoms with Gasteiger partial charge in [-0.05, 0) is 31.7 Å². The van der Waals surface area contributed by atoms with E-state index < -0.39 is 0 Å². The zero-order valence-electron chi connectivity index (χ0n) is 8.14. The molecule has 3 N–H and O–H groups in total. The number of fused-ring (bicyclic) bond motifs is 1. The minimum Gasteiger partial charge on any atom is -0.346 e. The number of imidazole rings is 1. The normalized spacial score (nSPS) is 21.5. The fraction of sp³-hybridized carbons (Fsp3) is 0.700. The molecule has 1 aliphatic carbocycles. The summed E-state index contributed by atoms with van der Waals surface area (Å²) in [6.45, 7) is 2.98. The average molecular weight is 179 g/mol. The maximum Gasteiger partial charge on any atom is 0.107 e. The zero-order valence-corrected chi connectivity index (χ0v) is 8.14. The lowest BCUT2D eigenvalue weighted by Crippen LogP contribution is -2.10. The van der Waals surface area contributed by atoms with Crippen LogP contribution in [-0.4, -0.2) is 16.5 Å². The van der Waals surface area contributed by atoms with Gasteiger partial charge in [0.1, 0.15) is 5.82 Å². The smallest absolute Gasteiger partial charge is 0.107 e. The molecule has 3 nitrogen and oxygen atoms in total. The van der Waals surface area contributed by atoms with E-state index in [2.05, 4.69) is 16.9 Å². The average Bonchev–Trinajstić information content (AvgIpc) is 2.46. The van der Waals surface area contributed by atoms with Crippen LogP contribution in [0.1, 0.15) is 30.6 Å². The third-order valence-corrected chi connectivity index (χ3v) is 2.72. The Labute approximate surface area is 78.7 Å². The highest BCUT2D eigenvalue weighted by Crippen LogP contribution is 2.23. The Morgan fingerprint density at radius 3 is 3.23 bits per heavy atom. The molecule has 0 fully saturated rings. The van der Waals surface area contributed by atoms with Gasteiger partial charge in [-0.3, -0.25) is 0 Å². The number of H-pyrrole nitrogens is 1. The molecular formula is C10H17N3. The molecule has 1 atom stereocenters. The molecule has 0 aliphatic heterocycles. The summed E-state index contributed by atoms with van der Waals surface area (Å²) in [6, 6.07) is 0. The Balaban J connectivity index is 2.18. The number of aryl methyl sites for hydroxylation is 1. The predicted octanol–water partition coefficient (Wildman–Crippen LogP) is 1.04. The van der Waals surface area contributed by atoms with Gasteiger partial charge in [0.05, 0.1) is 5.69 Å². The number of aromatic nitrogens is 2. The quantitative estimate of drug-likeness (QED) is 0.712. The van der Waals surface area contributed by atoms with Crippen molar-refractivity contribution in [1.82, 2.24) is 9.97 Å². The summed E-state index contributed by atoms with van der Waals surface area (Å²) in [5.41, 5.74) is 8.11. The Kier molecular flexibility index (Phi) is 2.36. The molecule has 1 heterocycles. The molecule has 72 valence electrons. The lowest BCUT2D eigenvalue weighted by atomic mass is 9.92. The van der Waals surface area contributed by atoms with E-state index in [1.54, 1.807) is 0 Å². The van der Waals surface area contributed by atoms with Crippen molar-refractivity contribution in [2.24, 2.45) is 11.7 Å². The van der Waals surface area contributed by atoms with Gasteiger partial charge in [-0.1, -0.05) is 6.92 Å². The van der Waals surface area contributed by atoms with E-state index in [9.17, 15) is 0 Å². The van der Waals surface area contributed by atoms with Gasteiger partial charge in [-0.15, -0.1) is 0 Å². The van der Waals surface area contributed by atoms with Crippen molar-refractivity contribution in [3.05, 3.63) is 17.2 Å². The van der Waals surface area contributed by atoms with Crippen LogP contribution < -0.4 is 5.73 Å². The van der Waals surface area contributed by atoms with Gasteiger partial charge in [0.15, 0.2) is 0 Å². The zero-order chi connectivity index (χ0) is 9.26. The van der Waals surface area contributed by atoms with Crippen LogP contribution in [0.3, 0.4) is 0 Å². The summed E-state index contributed by atoms with van der Waals surface area (Å²) in [6.07, 6.45) is 4.45. The summed E-state index contributed by atoms with van der Waals surface area (Å²) in [7, 11) is 0. The number of aromatic amines is 1. The van der Waals surface area contributed by atoms with Crippen LogP contribution in [0.5, 0.6) is 0 Å². The first kappa shape index (κ1) is 8.75. The molecule has 1 aliphatic rings. The number of nitrogens with one attached hydrogen (secondary N) is 1. The van der Waals surface area contributed by atoms with Crippen molar-refractivity contribution in [3.63, 3.8) is 0 Å². The molecule has 0 radical (unpaired) electrons. The Morgan fingerprint density at radius 2 is 2.46 bits per heavy atom. The molecule has 13 heavy (non-hydrogen) atoms. The van der Waals surface area contributed by atoms with Crippen LogP contribution in [0, 0.1) is 5.92 Å². The molecule has 1 unspecified atom stereocenters. The van der Waals surface area contributed by atoms with Gasteiger partial charge in [0.25, 0.3) is 0 Å². The van der Waals surface area contributed by atoms with Gasteiger partial charge in [0.2, 0.25) is 0 Å². The van der Waals surface area contributed by atoms with Crippen LogP contribution in [-0.2, 0) is 19.3 Å². The second-order valence-corrected chi connectivity index (χ2v) is 4.00. The molecule has 0 bridgehead atoms. The highest BCUT2D eigenvalue weighted by molar-refractivity contribution is 5.18. The summed E-state index contributed by atoms with van der Waals surface area (Å²) in [5, 5.41) is 0. The molecule has 1 aromatic rings. The molecular weight excluding hydrogens is 162 g/mol. The molecule has 2 rings (SSSR count). The predicted molar refractivity (Wildman–Crippen MR) is 52.5 cm³/mol. The maximum absolute atomic E-state index is 5.49. The number of hydrogen-bond acceptors (Lipinski definition) is 2. The van der Waals surface area contributed by atoms with Crippen LogP contribution in [0.2, 0.25) is 0 Å². The van der Waals surface area contributed by atoms with Crippen molar-refractivity contribution >= 4 is 0 Å². The van der Waals surface area contributed by atoms with Crippen LogP contribution in [0.25, 0.3) is 0 Å². The van der Waals surface area contributed by atoms with Crippen molar-refractivity contribution in [1.29, 1.82) is 0 Å². The highest BCUT2D eigenvalue weighted by Gasteiger charge is 2.18. The van der Waals surface area contributed by atoms with Gasteiger partial charge in [0, 0.05) is 12.1 Å². The first-order chi connectivity index (χ1) is 6.29. The van der Waals surface area contributed by atoms with Crippen molar-refractivity contribution < 1.29 is 0 Å². The molecule has 3 heteroatoms. The number of rotatable bonds is 2. The van der Waals surface area contributed by atoms with Gasteiger partial charge in [-0.2, -0.15) is 0 Å². The molecule has 0 spiro atoms. The van der Waals surface area contributed by atoms with E-state index in [-0.39, 0.29) is 0 Å². The first-order valence-electron chi connectivity index (χ1n) is 5.06. The van der Waals surface area contributed by atoms with Gasteiger partial charge >= 0.3 is 0 Å². The van der Waals surface area contributed by atoms with E-state index in [4.69, 9.17) is 5.73 Å². The van der Waals surface area contributed by atoms with Gasteiger partial charge < -0.3 is 10.7 Å². The second-order valence-electron chi connectivity index (χ2n) is 4.00. The molecule has 0 saturated heterocycles. The van der Waals surface area contributed by atoms with Crippen LogP contribution >= 0.6 is 0 Å². The minimum atomic E-state index is 0.682. The Hall–Kier alpha value is -0.830. The lowest BCUT2D eigenvalue weighted by molar-refractivity contribution is 0.492. The topological polar surface area (TPSA) is 54.7 Å². The fourth-order valence-corrected chi connectivity index (χ4v) is 1.97. The Bertz CT molecular complexity index is 290. The molecule has 0 aromatic carbocycles. The molecule has 1 aromatic heterocycles. The third-order valence-electron chi connectivity index (χ3n) is 2.72. The first-order valence-corrected chi connectivity index (χ1v) is 5.06. The molecule has 0 saturated carbocycles. The van der Waals surface area contributed by atoms with E-state index in [0.717, 1.165) is 31.0 Å². The summed E-state index contributed by atoms with van der Waals surface area (Å²) < 4.78 is 0. The maximum atomic E-state index is 5.49. The van der Waals surface area contributed by atoms with E-state index in [0.29, 0.717) is 6.54 Å². The number of nitrogens with two attached hydrogens (primary N) is 1. The highest BCUT2D eigenvalue weighted by atomic mass is 14.9. The fourth-order valence-electron chi connectivity index (χ4n) is 1.97. The van der Waals surface area contributed by atoms with E-state index in [1.807, 2.05) is 0 Å². The monoisotopic (exact) mass is 179 g/mol. The minimum absolute atomic E-state index is 0.682. The van der Waals surface area contributed by atoms with E-state index in [1.165, 1.54) is 17.8 Å². The SMILES string of the molecule is CC1CCc2nc(CCN)[nH]c2C1. The van der Waals surface area contributed by atoms with Gasteiger partial charge in [-0.25, -0.2) is 4.98 Å². The van der Waals surface area contributed by atoms with Crippen LogP contribution in [0.15, 0.2) is 0 Å². The van der Waals surface area contributed by atoms with Crippen molar-refractivity contribution in [2.75, 3.05) is 6.54 Å². The summed E-state index contributed by atoms with van der Waals surface area (Å²) >= 11 is 0. The standard InChI is InChI=1S/C10H17N3/c1-7-2-3-8-9(6-7)13-10(12-8)4-5-11/h7H,2-6,11H2,1H3,(H,12,13). The Morgan fingerprint density at radius 1 is 1.62 bits per heavy atom. The third kappa shape index (κ3) is 1.75. The van der Waals surface area contributed by atoms with E-state index >= 15 is 0 Å². The summed E-state index contributed by atoms with van der Waals surface area (Å²) in [5.74, 6) is 1.88. The van der Waals surface area contributed by atoms with Crippen molar-refractivity contribution in [3.8, 4) is 0 Å². The summed E-state index contributed by atoms with van der Waals surface area (Å²) in [4.78, 5) is 7.91. The molecule has 0 amide bonds. The van der Waals surface area contributed by atoms with Crippen molar-refractivity contribution in [2.45, 2.75) is 32.6 Å². The van der Waals surface area contributed by atoms with Crippen LogP contribution in [0.4, 0.5) is 0 Å².